The summed E-state index contributed by atoms with van der Waals surface area (Å²) < 4.78 is 12.6. The molecule has 0 spiro atoms. The van der Waals surface area contributed by atoms with Gasteiger partial charge in [0.25, 0.3) is 6.47 Å². The minimum absolute atomic E-state index is 0.431. The molecule has 2 aromatic carbocycles. The number of hydrogen-bond donors (Lipinski definition) is 2. The van der Waals surface area contributed by atoms with E-state index < -0.39 is 0 Å². The van der Waals surface area contributed by atoms with Crippen molar-refractivity contribution in [1.29, 1.82) is 0 Å². The molecule has 4 aromatic rings. The van der Waals surface area contributed by atoms with Gasteiger partial charge in [-0.1, -0.05) is 42.5 Å². The number of benzene rings is 2. The standard InChI is InChI=1S/C28H32N6O.C3H6O2/c29-27-26-25(22-7-4-8-24(15-22)35-18-20-5-2-1-3-6-20)17-34(28(26)32-19-31-27)23-13-21(14-23)16-33-11-9-30-10-12-33;1-2-5-3-4/h1-8,15,17,19,21,23,30H,9-14,16,18H2,(H2,29,31,32);3H,2H2,1H3/t21-,23-;. The Morgan fingerprint density at radius 2 is 1.88 bits per heavy atom. The van der Waals surface area contributed by atoms with Gasteiger partial charge in [-0.25, -0.2) is 9.97 Å². The Balaban J connectivity index is 0.000000595. The van der Waals surface area contributed by atoms with E-state index in [0.717, 1.165) is 65.6 Å². The van der Waals surface area contributed by atoms with Crippen LogP contribution in [-0.2, 0) is 16.1 Å². The first-order valence-corrected chi connectivity index (χ1v) is 14.0. The monoisotopic (exact) mass is 542 g/mol. The number of piperazine rings is 1. The van der Waals surface area contributed by atoms with E-state index in [-0.39, 0.29) is 0 Å². The summed E-state index contributed by atoms with van der Waals surface area (Å²) in [6.07, 6.45) is 6.15. The zero-order valence-electron chi connectivity index (χ0n) is 23.0. The number of hydrogen-bond acceptors (Lipinski definition) is 8. The molecule has 0 bridgehead atoms. The van der Waals surface area contributed by atoms with Crippen LogP contribution in [-0.4, -0.2) is 65.2 Å². The van der Waals surface area contributed by atoms with Gasteiger partial charge in [-0.3, -0.25) is 4.79 Å². The molecule has 0 radical (unpaired) electrons. The van der Waals surface area contributed by atoms with Crippen molar-refractivity contribution in [3.63, 3.8) is 0 Å². The minimum atomic E-state index is 0.431. The normalized spacial score (nSPS) is 18.8. The van der Waals surface area contributed by atoms with Gasteiger partial charge in [0.1, 0.15) is 30.1 Å². The molecule has 9 heteroatoms. The molecule has 0 atom stereocenters. The Morgan fingerprint density at radius 1 is 1.07 bits per heavy atom. The number of nitrogens with zero attached hydrogens (tertiary/aromatic N) is 4. The molecule has 3 N–H and O–H groups in total. The number of anilines is 1. The van der Waals surface area contributed by atoms with Gasteiger partial charge in [0.15, 0.2) is 0 Å². The van der Waals surface area contributed by atoms with Crippen LogP contribution < -0.4 is 15.8 Å². The lowest BCUT2D eigenvalue weighted by Crippen LogP contribution is -2.47. The van der Waals surface area contributed by atoms with Gasteiger partial charge in [0, 0.05) is 50.5 Å². The smallest absolute Gasteiger partial charge is 0.293 e. The Morgan fingerprint density at radius 3 is 2.60 bits per heavy atom. The number of nitrogens with two attached hydrogens (primary N) is 1. The molecule has 210 valence electrons. The fourth-order valence-corrected chi connectivity index (χ4v) is 5.50. The summed E-state index contributed by atoms with van der Waals surface area (Å²) in [6.45, 7) is 8.92. The van der Waals surface area contributed by atoms with Gasteiger partial charge in [0.05, 0.1) is 12.0 Å². The van der Waals surface area contributed by atoms with Gasteiger partial charge >= 0.3 is 0 Å². The molecule has 1 aliphatic carbocycles. The van der Waals surface area contributed by atoms with Crippen LogP contribution >= 0.6 is 0 Å². The van der Waals surface area contributed by atoms with Crippen LogP contribution in [0, 0.1) is 5.92 Å². The molecule has 2 aliphatic rings. The highest BCUT2D eigenvalue weighted by Gasteiger charge is 2.33. The SMILES string of the molecule is CCOC=O.Nc1ncnc2c1c(-c1cccc(OCc3ccccc3)c1)cn2[C@H]1C[C@H](CN2CCNCC2)C1. The van der Waals surface area contributed by atoms with E-state index >= 15 is 0 Å². The lowest BCUT2D eigenvalue weighted by molar-refractivity contribution is -0.128. The maximum atomic E-state index is 9.18. The summed E-state index contributed by atoms with van der Waals surface area (Å²) in [6, 6.07) is 18.9. The highest BCUT2D eigenvalue weighted by molar-refractivity contribution is 6.00. The lowest BCUT2D eigenvalue weighted by Gasteiger charge is -2.40. The number of carbonyl (C=O) groups excluding carboxylic acids is 1. The zero-order chi connectivity index (χ0) is 27.7. The molecule has 2 fully saturated rings. The maximum Gasteiger partial charge on any atom is 0.293 e. The van der Waals surface area contributed by atoms with Crippen molar-refractivity contribution in [3.05, 3.63) is 72.7 Å². The summed E-state index contributed by atoms with van der Waals surface area (Å²) in [7, 11) is 0. The molecule has 3 heterocycles. The molecular formula is C31H38N6O3. The third-order valence-corrected chi connectivity index (χ3v) is 7.60. The predicted molar refractivity (Wildman–Crippen MR) is 157 cm³/mol. The first kappa shape index (κ1) is 27.6. The number of aromatic nitrogens is 3. The minimum Gasteiger partial charge on any atom is -0.489 e. The molecular weight excluding hydrogens is 504 g/mol. The highest BCUT2D eigenvalue weighted by atomic mass is 16.5. The summed E-state index contributed by atoms with van der Waals surface area (Å²) in [5.74, 6) is 2.10. The molecule has 0 unspecified atom stereocenters. The summed E-state index contributed by atoms with van der Waals surface area (Å²) in [5, 5.41) is 4.37. The topological polar surface area (TPSA) is 108 Å². The third kappa shape index (κ3) is 6.60. The van der Waals surface area contributed by atoms with Crippen molar-refractivity contribution >= 4 is 23.3 Å². The molecule has 1 saturated carbocycles. The second-order valence-corrected chi connectivity index (χ2v) is 10.3. The van der Waals surface area contributed by atoms with Crippen LogP contribution in [0.4, 0.5) is 5.82 Å². The van der Waals surface area contributed by atoms with Gasteiger partial charge in [0.2, 0.25) is 0 Å². The van der Waals surface area contributed by atoms with Crippen LogP contribution in [0.25, 0.3) is 22.2 Å². The first-order valence-electron chi connectivity index (χ1n) is 14.0. The van der Waals surface area contributed by atoms with Crippen LogP contribution in [0.15, 0.2) is 67.1 Å². The third-order valence-electron chi connectivity index (χ3n) is 7.60. The summed E-state index contributed by atoms with van der Waals surface area (Å²) >= 11 is 0. The van der Waals surface area contributed by atoms with Crippen molar-refractivity contribution in [2.75, 3.05) is 45.1 Å². The Labute approximate surface area is 235 Å². The van der Waals surface area contributed by atoms with E-state index in [1.165, 1.54) is 19.4 Å². The van der Waals surface area contributed by atoms with Gasteiger partial charge in [-0.2, -0.15) is 0 Å². The second-order valence-electron chi connectivity index (χ2n) is 10.3. The number of ether oxygens (including phenoxy) is 2. The Hall–Kier alpha value is -3.95. The summed E-state index contributed by atoms with van der Waals surface area (Å²) in [5.41, 5.74) is 10.6. The van der Waals surface area contributed by atoms with Gasteiger partial charge in [-0.15, -0.1) is 0 Å². The van der Waals surface area contributed by atoms with Crippen molar-refractivity contribution in [1.82, 2.24) is 24.8 Å². The second kappa shape index (κ2) is 13.4. The molecule has 0 amide bonds. The van der Waals surface area contributed by atoms with Gasteiger partial charge < -0.3 is 30.0 Å². The quantitative estimate of drug-likeness (QED) is 0.302. The van der Waals surface area contributed by atoms with Crippen LogP contribution in [0.2, 0.25) is 0 Å². The lowest BCUT2D eigenvalue weighted by atomic mass is 9.79. The van der Waals surface area contributed by atoms with Crippen molar-refractivity contribution in [2.45, 2.75) is 32.4 Å². The average molecular weight is 543 g/mol. The fraction of sp³-hybridized carbons (Fsp3) is 0.387. The van der Waals surface area contributed by atoms with E-state index in [0.29, 0.717) is 31.5 Å². The molecule has 2 aromatic heterocycles. The largest absolute Gasteiger partial charge is 0.489 e. The van der Waals surface area contributed by atoms with E-state index in [9.17, 15) is 4.79 Å². The molecule has 9 nitrogen and oxygen atoms in total. The number of fused-ring (bicyclic) bond motifs is 1. The van der Waals surface area contributed by atoms with E-state index in [1.807, 2.05) is 30.3 Å². The number of rotatable bonds is 9. The predicted octanol–water partition coefficient (Wildman–Crippen LogP) is 4.30. The number of nitrogens with one attached hydrogen (secondary N) is 1. The van der Waals surface area contributed by atoms with Crippen LogP contribution in [0.3, 0.4) is 0 Å². The fourth-order valence-electron chi connectivity index (χ4n) is 5.50. The molecule has 1 aliphatic heterocycles. The zero-order valence-corrected chi connectivity index (χ0v) is 23.0. The van der Waals surface area contributed by atoms with Crippen LogP contribution in [0.5, 0.6) is 5.75 Å². The molecule has 40 heavy (non-hydrogen) atoms. The van der Waals surface area contributed by atoms with E-state index in [1.54, 1.807) is 13.3 Å². The molecule has 6 rings (SSSR count). The number of carbonyl (C=O) groups is 1. The Kier molecular flexibility index (Phi) is 9.26. The van der Waals surface area contributed by atoms with Crippen LogP contribution in [0.1, 0.15) is 31.4 Å². The van der Waals surface area contributed by atoms with E-state index in [2.05, 4.69) is 60.0 Å². The van der Waals surface area contributed by atoms with Crippen molar-refractivity contribution in [3.8, 4) is 16.9 Å². The Bertz CT molecular complexity index is 1380. The highest BCUT2D eigenvalue weighted by Crippen LogP contribution is 2.43. The van der Waals surface area contributed by atoms with Crippen molar-refractivity contribution in [2.24, 2.45) is 5.92 Å². The van der Waals surface area contributed by atoms with Gasteiger partial charge in [-0.05, 0) is 48.9 Å². The summed E-state index contributed by atoms with van der Waals surface area (Å²) in [4.78, 5) is 20.7. The average Bonchev–Trinajstić information content (AvgIpc) is 3.36. The van der Waals surface area contributed by atoms with Crippen molar-refractivity contribution < 1.29 is 14.3 Å². The van der Waals surface area contributed by atoms with E-state index in [4.69, 9.17) is 10.5 Å². The first-order chi connectivity index (χ1) is 19.7. The molecule has 1 saturated heterocycles. The number of nitrogen functional groups attached to an aromatic ring is 1. The maximum absolute atomic E-state index is 9.18.